The molecular weight excluding hydrogens is 204 g/mol. The molecule has 0 spiro atoms. The Labute approximate surface area is 93.1 Å². The van der Waals surface area contributed by atoms with Crippen molar-refractivity contribution in [2.24, 2.45) is 0 Å². The summed E-state index contributed by atoms with van der Waals surface area (Å²) >= 11 is 5.91. The molecule has 0 aliphatic carbocycles. The van der Waals surface area contributed by atoms with Crippen LogP contribution in [0.1, 0.15) is 0 Å². The Morgan fingerprint density at radius 1 is 0.933 bits per heavy atom. The maximum atomic E-state index is 5.91. The molecule has 0 fully saturated rings. The Hall–Kier alpha value is -1.53. The van der Waals surface area contributed by atoms with Gasteiger partial charge >= 0.3 is 0 Å². The molecule has 3 aromatic rings. The van der Waals surface area contributed by atoms with Crippen LogP contribution in [0.5, 0.6) is 0 Å². The van der Waals surface area contributed by atoms with Crippen molar-refractivity contribution < 1.29 is 0 Å². The van der Waals surface area contributed by atoms with Crippen LogP contribution in [0.3, 0.4) is 0 Å². The van der Waals surface area contributed by atoms with Gasteiger partial charge in [0.05, 0.1) is 0 Å². The predicted octanol–water partition coefficient (Wildman–Crippen LogP) is 4.25. The summed E-state index contributed by atoms with van der Waals surface area (Å²) in [4.78, 5) is 0. The second kappa shape index (κ2) is 3.25. The van der Waals surface area contributed by atoms with Crippen molar-refractivity contribution >= 4 is 33.1 Å². The third kappa shape index (κ3) is 1.38. The SMILES string of the molecule is Clc1[c]c2ccc3c[c]ccc3c2cc1. The largest absolute Gasteiger partial charge is 0.0836 e. The molecule has 3 aromatic carbocycles. The lowest BCUT2D eigenvalue weighted by Crippen LogP contribution is -1.77. The van der Waals surface area contributed by atoms with E-state index in [9.17, 15) is 0 Å². The van der Waals surface area contributed by atoms with Crippen LogP contribution in [0.4, 0.5) is 0 Å². The zero-order chi connectivity index (χ0) is 10.3. The normalized spacial score (nSPS) is 11.0. The quantitative estimate of drug-likeness (QED) is 0.487. The van der Waals surface area contributed by atoms with E-state index in [-0.39, 0.29) is 0 Å². The Morgan fingerprint density at radius 3 is 2.80 bits per heavy atom. The topological polar surface area (TPSA) is 0 Å². The molecule has 0 saturated heterocycles. The van der Waals surface area contributed by atoms with E-state index in [0.717, 1.165) is 5.39 Å². The van der Waals surface area contributed by atoms with Crippen LogP contribution < -0.4 is 0 Å². The van der Waals surface area contributed by atoms with E-state index < -0.39 is 0 Å². The highest BCUT2D eigenvalue weighted by molar-refractivity contribution is 6.31. The van der Waals surface area contributed by atoms with Gasteiger partial charge in [0.25, 0.3) is 0 Å². The van der Waals surface area contributed by atoms with Gasteiger partial charge in [-0.15, -0.1) is 0 Å². The molecule has 0 atom stereocenters. The molecule has 15 heavy (non-hydrogen) atoms. The number of benzene rings is 3. The molecular formula is C14H7Cl. The first-order chi connectivity index (χ1) is 7.34. The summed E-state index contributed by atoms with van der Waals surface area (Å²) in [6.45, 7) is 0. The third-order valence-electron chi connectivity index (χ3n) is 2.56. The summed E-state index contributed by atoms with van der Waals surface area (Å²) in [5, 5.41) is 5.32. The van der Waals surface area contributed by atoms with Crippen LogP contribution in [-0.2, 0) is 0 Å². The van der Waals surface area contributed by atoms with E-state index in [1.807, 2.05) is 30.3 Å². The van der Waals surface area contributed by atoms with Crippen LogP contribution in [0.2, 0.25) is 5.02 Å². The zero-order valence-corrected chi connectivity index (χ0v) is 8.68. The van der Waals surface area contributed by atoms with E-state index in [0.29, 0.717) is 5.02 Å². The van der Waals surface area contributed by atoms with Crippen LogP contribution in [0.15, 0.2) is 42.5 Å². The fraction of sp³-hybridized carbons (Fsp3) is 0. The van der Waals surface area contributed by atoms with Gasteiger partial charge in [-0.05, 0) is 39.7 Å². The van der Waals surface area contributed by atoms with Gasteiger partial charge in [-0.3, -0.25) is 0 Å². The monoisotopic (exact) mass is 210 g/mol. The van der Waals surface area contributed by atoms with Gasteiger partial charge in [-0.2, -0.15) is 0 Å². The average Bonchev–Trinajstić information content (AvgIpc) is 2.28. The molecule has 2 radical (unpaired) electrons. The smallest absolute Gasteiger partial charge is 0.0491 e. The van der Waals surface area contributed by atoms with Crippen molar-refractivity contribution in [3.8, 4) is 0 Å². The van der Waals surface area contributed by atoms with Crippen LogP contribution in [0, 0.1) is 12.1 Å². The number of hydrogen-bond acceptors (Lipinski definition) is 0. The number of fused-ring (bicyclic) bond motifs is 3. The Bertz CT molecular complexity index is 641. The van der Waals surface area contributed by atoms with Gasteiger partial charge in [0, 0.05) is 11.1 Å². The van der Waals surface area contributed by atoms with E-state index in [1.165, 1.54) is 16.2 Å². The molecule has 0 nitrogen and oxygen atoms in total. The first kappa shape index (κ1) is 8.75. The molecule has 0 aliphatic rings. The van der Waals surface area contributed by atoms with Crippen molar-refractivity contribution in [2.75, 3.05) is 0 Å². The molecule has 0 bridgehead atoms. The Kier molecular flexibility index (Phi) is 1.90. The molecule has 0 aliphatic heterocycles. The zero-order valence-electron chi connectivity index (χ0n) is 7.92. The maximum Gasteiger partial charge on any atom is 0.0491 e. The summed E-state index contributed by atoms with van der Waals surface area (Å²) in [6.07, 6.45) is 0. The second-order valence-corrected chi connectivity index (χ2v) is 3.89. The van der Waals surface area contributed by atoms with Crippen LogP contribution >= 0.6 is 11.6 Å². The number of rotatable bonds is 0. The van der Waals surface area contributed by atoms with Gasteiger partial charge in [-0.1, -0.05) is 41.9 Å². The third-order valence-corrected chi connectivity index (χ3v) is 2.78. The van der Waals surface area contributed by atoms with Crippen molar-refractivity contribution in [1.29, 1.82) is 0 Å². The van der Waals surface area contributed by atoms with Gasteiger partial charge in [0.1, 0.15) is 0 Å². The van der Waals surface area contributed by atoms with Gasteiger partial charge in [0.15, 0.2) is 0 Å². The molecule has 0 saturated carbocycles. The minimum absolute atomic E-state index is 0.657. The molecule has 70 valence electrons. The summed E-state index contributed by atoms with van der Waals surface area (Å²) in [5.41, 5.74) is 0. The summed E-state index contributed by atoms with van der Waals surface area (Å²) in [5.74, 6) is 0. The molecule has 1 heteroatoms. The Morgan fingerprint density at radius 2 is 1.87 bits per heavy atom. The summed E-state index contributed by atoms with van der Waals surface area (Å²) in [7, 11) is 0. The highest BCUT2D eigenvalue weighted by Crippen LogP contribution is 2.26. The highest BCUT2D eigenvalue weighted by atomic mass is 35.5. The highest BCUT2D eigenvalue weighted by Gasteiger charge is 2.00. The average molecular weight is 211 g/mol. The van der Waals surface area contributed by atoms with Gasteiger partial charge < -0.3 is 0 Å². The second-order valence-electron chi connectivity index (χ2n) is 3.48. The van der Waals surface area contributed by atoms with Crippen molar-refractivity contribution in [2.45, 2.75) is 0 Å². The van der Waals surface area contributed by atoms with Crippen molar-refractivity contribution in [3.05, 3.63) is 59.6 Å². The molecule has 3 rings (SSSR count). The first-order valence-electron chi connectivity index (χ1n) is 4.75. The maximum absolute atomic E-state index is 5.91. The molecule has 0 amide bonds. The van der Waals surface area contributed by atoms with Gasteiger partial charge in [-0.25, -0.2) is 0 Å². The number of hydrogen-bond donors (Lipinski definition) is 0. The van der Waals surface area contributed by atoms with Gasteiger partial charge in [0.2, 0.25) is 0 Å². The fourth-order valence-electron chi connectivity index (χ4n) is 1.85. The molecule has 0 unspecified atom stereocenters. The lowest BCUT2D eigenvalue weighted by Gasteiger charge is -2.03. The van der Waals surface area contributed by atoms with Crippen LogP contribution in [0.25, 0.3) is 21.5 Å². The van der Waals surface area contributed by atoms with Crippen molar-refractivity contribution in [3.63, 3.8) is 0 Å². The van der Waals surface area contributed by atoms with Crippen molar-refractivity contribution in [1.82, 2.24) is 0 Å². The fourth-order valence-corrected chi connectivity index (χ4v) is 2.01. The first-order valence-corrected chi connectivity index (χ1v) is 5.13. The molecule has 0 aromatic heterocycles. The lowest BCUT2D eigenvalue weighted by molar-refractivity contribution is 1.74. The van der Waals surface area contributed by atoms with Crippen LogP contribution in [-0.4, -0.2) is 0 Å². The number of halogens is 1. The minimum atomic E-state index is 0.657. The van der Waals surface area contributed by atoms with E-state index in [2.05, 4.69) is 24.3 Å². The van der Waals surface area contributed by atoms with E-state index >= 15 is 0 Å². The standard InChI is InChI=1S/C14H7Cl/c15-12-7-8-14-11(9-12)6-5-10-3-1-2-4-13(10)14/h2-8H. The Balaban J connectivity index is 2.55. The van der Waals surface area contributed by atoms with E-state index in [1.54, 1.807) is 0 Å². The predicted molar refractivity (Wildman–Crippen MR) is 64.1 cm³/mol. The minimum Gasteiger partial charge on any atom is -0.0836 e. The van der Waals surface area contributed by atoms with E-state index in [4.69, 9.17) is 11.6 Å². The lowest BCUT2D eigenvalue weighted by atomic mass is 10.0. The summed E-state index contributed by atoms with van der Waals surface area (Å²) < 4.78 is 0. The molecule has 0 N–H and O–H groups in total. The molecule has 0 heterocycles. The summed E-state index contributed by atoms with van der Waals surface area (Å²) in [6, 6.07) is 20.2.